The lowest BCUT2D eigenvalue weighted by atomic mass is 10.1. The number of hydrogen-bond donors (Lipinski definition) is 1. The molecule has 146 valence electrons. The van der Waals surface area contributed by atoms with Crippen LogP contribution < -0.4 is 14.8 Å². The van der Waals surface area contributed by atoms with E-state index in [1.165, 1.54) is 6.92 Å². The summed E-state index contributed by atoms with van der Waals surface area (Å²) in [5.41, 5.74) is 1.04. The number of furan rings is 1. The van der Waals surface area contributed by atoms with E-state index in [0.29, 0.717) is 43.3 Å². The van der Waals surface area contributed by atoms with Gasteiger partial charge in [-0.15, -0.1) is 0 Å². The van der Waals surface area contributed by atoms with E-state index in [1.807, 2.05) is 18.2 Å². The fourth-order valence-corrected chi connectivity index (χ4v) is 2.65. The number of methoxy groups -OCH3 is 2. The van der Waals surface area contributed by atoms with Gasteiger partial charge in [-0.2, -0.15) is 0 Å². The Morgan fingerprint density at radius 3 is 2.56 bits per heavy atom. The summed E-state index contributed by atoms with van der Waals surface area (Å²) in [6.45, 7) is 2.70. The van der Waals surface area contributed by atoms with Gasteiger partial charge in [0.25, 0.3) is 0 Å². The van der Waals surface area contributed by atoms with Crippen molar-refractivity contribution in [2.24, 2.45) is 0 Å². The molecule has 0 saturated heterocycles. The Labute approximate surface area is 159 Å². The van der Waals surface area contributed by atoms with Crippen LogP contribution in [0.5, 0.6) is 11.5 Å². The number of amides is 2. The van der Waals surface area contributed by atoms with Crippen molar-refractivity contribution in [2.75, 3.05) is 27.3 Å². The summed E-state index contributed by atoms with van der Waals surface area (Å²) >= 11 is 0. The van der Waals surface area contributed by atoms with E-state index in [0.717, 1.165) is 5.56 Å². The van der Waals surface area contributed by atoms with E-state index in [2.05, 4.69) is 5.32 Å². The highest BCUT2D eigenvalue weighted by molar-refractivity contribution is 5.78. The van der Waals surface area contributed by atoms with Gasteiger partial charge in [0, 0.05) is 26.4 Å². The van der Waals surface area contributed by atoms with Crippen LogP contribution in [0.4, 0.5) is 0 Å². The summed E-state index contributed by atoms with van der Waals surface area (Å²) in [4.78, 5) is 25.4. The third-order valence-corrected chi connectivity index (χ3v) is 4.16. The van der Waals surface area contributed by atoms with Gasteiger partial charge in [-0.3, -0.25) is 9.59 Å². The minimum Gasteiger partial charge on any atom is -0.493 e. The van der Waals surface area contributed by atoms with Gasteiger partial charge in [0.05, 0.1) is 27.0 Å². The molecule has 0 atom stereocenters. The average molecular weight is 374 g/mol. The van der Waals surface area contributed by atoms with Crippen molar-refractivity contribution in [2.45, 2.75) is 26.3 Å². The number of hydrogen-bond acceptors (Lipinski definition) is 5. The molecule has 0 radical (unpaired) electrons. The molecule has 1 aromatic heterocycles. The molecule has 0 saturated carbocycles. The van der Waals surface area contributed by atoms with Gasteiger partial charge in [-0.25, -0.2) is 0 Å². The highest BCUT2D eigenvalue weighted by Crippen LogP contribution is 2.27. The summed E-state index contributed by atoms with van der Waals surface area (Å²) < 4.78 is 15.7. The van der Waals surface area contributed by atoms with Crippen molar-refractivity contribution in [3.8, 4) is 11.5 Å². The first-order valence-corrected chi connectivity index (χ1v) is 8.79. The lowest BCUT2D eigenvalue weighted by Crippen LogP contribution is -2.34. The third-order valence-electron chi connectivity index (χ3n) is 4.16. The second-order valence-electron chi connectivity index (χ2n) is 6.06. The molecule has 0 aliphatic rings. The molecule has 0 aliphatic carbocycles. The standard InChI is InChI=1S/C20H26N2O5/c1-15(23)22(14-17-5-4-12-27-17)11-9-20(24)21-10-8-16-6-7-18(25-2)19(13-16)26-3/h4-7,12-13H,8-11,14H2,1-3H3,(H,21,24). The molecule has 0 unspecified atom stereocenters. The Morgan fingerprint density at radius 1 is 1.15 bits per heavy atom. The zero-order valence-electron chi connectivity index (χ0n) is 16.0. The quantitative estimate of drug-likeness (QED) is 0.691. The lowest BCUT2D eigenvalue weighted by molar-refractivity contribution is -0.130. The predicted molar refractivity (Wildman–Crippen MR) is 101 cm³/mol. The van der Waals surface area contributed by atoms with E-state index in [1.54, 1.807) is 37.5 Å². The van der Waals surface area contributed by atoms with Crippen molar-refractivity contribution >= 4 is 11.8 Å². The monoisotopic (exact) mass is 374 g/mol. The largest absolute Gasteiger partial charge is 0.493 e. The maximum Gasteiger partial charge on any atom is 0.221 e. The normalized spacial score (nSPS) is 10.3. The number of nitrogens with one attached hydrogen (secondary N) is 1. The molecule has 27 heavy (non-hydrogen) atoms. The molecule has 0 bridgehead atoms. The van der Waals surface area contributed by atoms with Crippen LogP contribution in [0.25, 0.3) is 0 Å². The number of benzene rings is 1. The third kappa shape index (κ3) is 6.36. The Bertz CT molecular complexity index is 743. The van der Waals surface area contributed by atoms with Gasteiger partial charge < -0.3 is 24.1 Å². The number of carbonyl (C=O) groups excluding carboxylic acids is 2. The van der Waals surface area contributed by atoms with Gasteiger partial charge in [0.15, 0.2) is 11.5 Å². The van der Waals surface area contributed by atoms with E-state index < -0.39 is 0 Å². The zero-order valence-corrected chi connectivity index (χ0v) is 16.0. The van der Waals surface area contributed by atoms with Crippen LogP contribution in [0.15, 0.2) is 41.0 Å². The van der Waals surface area contributed by atoms with Crippen LogP contribution in [0, 0.1) is 0 Å². The van der Waals surface area contributed by atoms with Gasteiger partial charge in [0.1, 0.15) is 5.76 Å². The van der Waals surface area contributed by atoms with E-state index in [9.17, 15) is 9.59 Å². The van der Waals surface area contributed by atoms with Crippen molar-refractivity contribution in [3.05, 3.63) is 47.9 Å². The molecule has 1 heterocycles. The molecule has 1 aromatic carbocycles. The molecule has 2 amide bonds. The van der Waals surface area contributed by atoms with Gasteiger partial charge >= 0.3 is 0 Å². The minimum atomic E-state index is -0.0961. The SMILES string of the molecule is COc1ccc(CCNC(=O)CCN(Cc2ccco2)C(C)=O)cc1OC. The van der Waals surface area contributed by atoms with Crippen LogP contribution >= 0.6 is 0 Å². The minimum absolute atomic E-state index is 0.0930. The number of rotatable bonds is 10. The highest BCUT2D eigenvalue weighted by atomic mass is 16.5. The van der Waals surface area contributed by atoms with Crippen LogP contribution in [-0.2, 0) is 22.6 Å². The molecular weight excluding hydrogens is 348 g/mol. The topological polar surface area (TPSA) is 81.0 Å². The fourth-order valence-electron chi connectivity index (χ4n) is 2.65. The number of nitrogens with zero attached hydrogens (tertiary/aromatic N) is 1. The molecular formula is C20H26N2O5. The number of carbonyl (C=O) groups is 2. The molecule has 7 nitrogen and oxygen atoms in total. The van der Waals surface area contributed by atoms with Gasteiger partial charge in [0.2, 0.25) is 11.8 Å². The van der Waals surface area contributed by atoms with E-state index in [-0.39, 0.29) is 18.2 Å². The first-order valence-electron chi connectivity index (χ1n) is 8.79. The van der Waals surface area contributed by atoms with E-state index >= 15 is 0 Å². The van der Waals surface area contributed by atoms with Gasteiger partial charge in [-0.05, 0) is 36.2 Å². The molecule has 2 rings (SSSR count). The van der Waals surface area contributed by atoms with Crippen LogP contribution in [0.2, 0.25) is 0 Å². The first kappa shape index (κ1) is 20.4. The second kappa shape index (κ2) is 10.3. The van der Waals surface area contributed by atoms with E-state index in [4.69, 9.17) is 13.9 Å². The Hall–Kier alpha value is -2.96. The smallest absolute Gasteiger partial charge is 0.221 e. The lowest BCUT2D eigenvalue weighted by Gasteiger charge is -2.19. The molecule has 1 N–H and O–H groups in total. The predicted octanol–water partition coefficient (Wildman–Crippen LogP) is 2.39. The zero-order chi connectivity index (χ0) is 19.6. The second-order valence-corrected chi connectivity index (χ2v) is 6.06. The van der Waals surface area contributed by atoms with Crippen LogP contribution in [0.3, 0.4) is 0 Å². The Kier molecular flexibility index (Phi) is 7.73. The van der Waals surface area contributed by atoms with Crippen molar-refractivity contribution < 1.29 is 23.5 Å². The Morgan fingerprint density at radius 2 is 1.93 bits per heavy atom. The Balaban J connectivity index is 1.76. The summed E-state index contributed by atoms with van der Waals surface area (Å²) in [6, 6.07) is 9.25. The van der Waals surface area contributed by atoms with Crippen LogP contribution in [-0.4, -0.2) is 44.0 Å². The average Bonchev–Trinajstić information content (AvgIpc) is 3.17. The molecule has 0 aliphatic heterocycles. The first-order chi connectivity index (χ1) is 13.0. The summed E-state index contributed by atoms with van der Waals surface area (Å²) in [5, 5.41) is 2.88. The molecule has 2 aromatic rings. The maximum absolute atomic E-state index is 12.1. The van der Waals surface area contributed by atoms with Crippen molar-refractivity contribution in [1.29, 1.82) is 0 Å². The maximum atomic E-state index is 12.1. The van der Waals surface area contributed by atoms with Crippen molar-refractivity contribution in [1.82, 2.24) is 10.2 Å². The summed E-state index contributed by atoms with van der Waals surface area (Å²) in [7, 11) is 3.18. The van der Waals surface area contributed by atoms with Crippen molar-refractivity contribution in [3.63, 3.8) is 0 Å². The summed E-state index contributed by atoms with van der Waals surface area (Å²) in [5.74, 6) is 1.84. The van der Waals surface area contributed by atoms with Crippen LogP contribution in [0.1, 0.15) is 24.7 Å². The molecule has 7 heteroatoms. The molecule has 0 spiro atoms. The molecule has 0 fully saturated rings. The number of ether oxygens (including phenoxy) is 2. The highest BCUT2D eigenvalue weighted by Gasteiger charge is 2.13. The van der Waals surface area contributed by atoms with Gasteiger partial charge in [-0.1, -0.05) is 6.07 Å². The summed E-state index contributed by atoms with van der Waals surface area (Å²) in [6.07, 6.45) is 2.48. The fraction of sp³-hybridized carbons (Fsp3) is 0.400.